The lowest BCUT2D eigenvalue weighted by molar-refractivity contribution is 0.211. The lowest BCUT2D eigenvalue weighted by Crippen LogP contribution is -1.94. The van der Waals surface area contributed by atoms with Gasteiger partial charge in [-0.2, -0.15) is 5.48 Å². The highest BCUT2D eigenvalue weighted by Crippen LogP contribution is 2.10. The van der Waals surface area contributed by atoms with Crippen LogP contribution in [0.3, 0.4) is 0 Å². The van der Waals surface area contributed by atoms with Gasteiger partial charge in [-0.3, -0.25) is 4.94 Å². The number of hydrogen-bond acceptors (Lipinski definition) is 3. The lowest BCUT2D eigenvalue weighted by atomic mass is 10.1. The van der Waals surface area contributed by atoms with Gasteiger partial charge in [0, 0.05) is 6.72 Å². The summed E-state index contributed by atoms with van der Waals surface area (Å²) in [4.78, 5) is 4.58. The molecule has 64 valence electrons. The van der Waals surface area contributed by atoms with Crippen molar-refractivity contribution in [3.63, 3.8) is 0 Å². The zero-order chi connectivity index (χ0) is 8.81. The van der Waals surface area contributed by atoms with Gasteiger partial charge in [-0.15, -0.1) is 0 Å². The maximum absolute atomic E-state index is 4.58. The Balaban J connectivity index is 2.65. The van der Waals surface area contributed by atoms with Gasteiger partial charge in [0.1, 0.15) is 0 Å². The van der Waals surface area contributed by atoms with E-state index in [9.17, 15) is 0 Å². The average molecular weight is 164 g/mol. The van der Waals surface area contributed by atoms with Gasteiger partial charge in [0.05, 0.1) is 5.69 Å². The van der Waals surface area contributed by atoms with Crippen LogP contribution in [0.15, 0.2) is 29.4 Å². The molecule has 0 spiro atoms. The molecule has 3 nitrogen and oxygen atoms in total. The van der Waals surface area contributed by atoms with Crippen LogP contribution in [0.25, 0.3) is 0 Å². The first-order valence-corrected chi connectivity index (χ1v) is 3.83. The highest BCUT2D eigenvalue weighted by molar-refractivity contribution is 5.43. The third-order valence-corrected chi connectivity index (χ3v) is 1.56. The van der Waals surface area contributed by atoms with Crippen molar-refractivity contribution in [3.05, 3.63) is 29.8 Å². The van der Waals surface area contributed by atoms with E-state index in [1.165, 1.54) is 5.56 Å². The molecule has 0 saturated heterocycles. The van der Waals surface area contributed by atoms with Crippen LogP contribution in [0.1, 0.15) is 12.5 Å². The van der Waals surface area contributed by atoms with Gasteiger partial charge in [-0.1, -0.05) is 24.2 Å². The maximum Gasteiger partial charge on any atom is 0.0744 e. The van der Waals surface area contributed by atoms with Crippen molar-refractivity contribution in [2.75, 3.05) is 5.48 Å². The molecule has 0 unspecified atom stereocenters. The van der Waals surface area contributed by atoms with E-state index < -0.39 is 0 Å². The van der Waals surface area contributed by atoms with Crippen LogP contribution in [0.4, 0.5) is 5.69 Å². The van der Waals surface area contributed by atoms with E-state index in [1.807, 2.05) is 18.2 Å². The Morgan fingerprint density at radius 1 is 1.58 bits per heavy atom. The summed E-state index contributed by atoms with van der Waals surface area (Å²) in [6, 6.07) is 7.94. The summed E-state index contributed by atoms with van der Waals surface area (Å²) in [7, 11) is 0. The smallest absolute Gasteiger partial charge is 0.0744 e. The molecule has 1 rings (SSSR count). The fraction of sp³-hybridized carbons (Fsp3) is 0.222. The summed E-state index contributed by atoms with van der Waals surface area (Å²) < 4.78 is 0. The number of oxime groups is 1. The molecule has 0 fully saturated rings. The van der Waals surface area contributed by atoms with E-state index in [4.69, 9.17) is 0 Å². The van der Waals surface area contributed by atoms with E-state index in [-0.39, 0.29) is 0 Å². The minimum atomic E-state index is 0.891. The normalized spacial score (nSPS) is 9.08. The standard InChI is InChI=1S/C9H12N2O/c1-3-8-5-4-6-9(7-8)11-12-10-2/h4-7,11H,2-3H2,1H3. The van der Waals surface area contributed by atoms with E-state index in [0.717, 1.165) is 12.1 Å². The molecule has 0 saturated carbocycles. The van der Waals surface area contributed by atoms with Gasteiger partial charge >= 0.3 is 0 Å². The predicted octanol–water partition coefficient (Wildman–Crippen LogP) is 2.21. The van der Waals surface area contributed by atoms with Crippen LogP contribution in [0, 0.1) is 0 Å². The first-order chi connectivity index (χ1) is 5.86. The van der Waals surface area contributed by atoms with Gasteiger partial charge < -0.3 is 0 Å². The van der Waals surface area contributed by atoms with Gasteiger partial charge in [-0.25, -0.2) is 0 Å². The molecule has 1 aromatic carbocycles. The maximum atomic E-state index is 4.58. The van der Waals surface area contributed by atoms with E-state index >= 15 is 0 Å². The molecule has 0 aromatic heterocycles. The Morgan fingerprint density at radius 3 is 3.08 bits per heavy atom. The molecule has 0 radical (unpaired) electrons. The van der Waals surface area contributed by atoms with Crippen molar-refractivity contribution in [3.8, 4) is 0 Å². The van der Waals surface area contributed by atoms with Crippen molar-refractivity contribution in [2.45, 2.75) is 13.3 Å². The molecule has 0 atom stereocenters. The minimum absolute atomic E-state index is 0.891. The molecule has 0 bridgehead atoms. The van der Waals surface area contributed by atoms with Crippen LogP contribution in [0.5, 0.6) is 0 Å². The molecule has 0 amide bonds. The van der Waals surface area contributed by atoms with Gasteiger partial charge in [-0.05, 0) is 24.1 Å². The molecule has 12 heavy (non-hydrogen) atoms. The zero-order valence-electron chi connectivity index (χ0n) is 7.08. The molecule has 1 aromatic rings. The third kappa shape index (κ3) is 2.27. The molecule has 0 aliphatic rings. The molecule has 0 heterocycles. The van der Waals surface area contributed by atoms with Crippen LogP contribution in [-0.2, 0) is 11.4 Å². The summed E-state index contributed by atoms with van der Waals surface area (Å²) in [6.07, 6.45) is 1.01. The van der Waals surface area contributed by atoms with E-state index in [2.05, 4.69) is 35.3 Å². The molecule has 0 aliphatic heterocycles. The third-order valence-electron chi connectivity index (χ3n) is 1.56. The number of anilines is 1. The topological polar surface area (TPSA) is 33.6 Å². The van der Waals surface area contributed by atoms with E-state index in [1.54, 1.807) is 0 Å². The molecule has 1 N–H and O–H groups in total. The second kappa shape index (κ2) is 4.38. The molecular formula is C9H12N2O. The second-order valence-electron chi connectivity index (χ2n) is 2.38. The van der Waals surface area contributed by atoms with E-state index in [0.29, 0.717) is 0 Å². The highest BCUT2D eigenvalue weighted by Gasteiger charge is 1.92. The summed E-state index contributed by atoms with van der Waals surface area (Å²) in [5, 5.41) is 3.23. The quantitative estimate of drug-likeness (QED) is 0.546. The summed E-state index contributed by atoms with van der Waals surface area (Å²) >= 11 is 0. The predicted molar refractivity (Wildman–Crippen MR) is 50.1 cm³/mol. The van der Waals surface area contributed by atoms with Crippen LogP contribution < -0.4 is 5.48 Å². The Labute approximate surface area is 72.0 Å². The summed E-state index contributed by atoms with van der Waals surface area (Å²) in [6.45, 7) is 5.29. The molecule has 0 aliphatic carbocycles. The zero-order valence-corrected chi connectivity index (χ0v) is 7.08. The first-order valence-electron chi connectivity index (χ1n) is 3.83. The van der Waals surface area contributed by atoms with Gasteiger partial charge in [0.15, 0.2) is 0 Å². The highest BCUT2D eigenvalue weighted by atomic mass is 16.8. The lowest BCUT2D eigenvalue weighted by Gasteiger charge is -2.03. The van der Waals surface area contributed by atoms with Crippen molar-refractivity contribution < 1.29 is 4.94 Å². The largest absolute Gasteiger partial charge is 0.271 e. The molecule has 3 heteroatoms. The number of nitrogens with one attached hydrogen (secondary N) is 1. The number of benzene rings is 1. The number of aryl methyl sites for hydroxylation is 1. The monoisotopic (exact) mass is 164 g/mol. The van der Waals surface area contributed by atoms with Gasteiger partial charge in [0.2, 0.25) is 0 Å². The molecular weight excluding hydrogens is 152 g/mol. The second-order valence-corrected chi connectivity index (χ2v) is 2.38. The van der Waals surface area contributed by atoms with Crippen molar-refractivity contribution in [1.82, 2.24) is 0 Å². The number of hydrogen-bond donors (Lipinski definition) is 1. The minimum Gasteiger partial charge on any atom is -0.271 e. The summed E-state index contributed by atoms with van der Waals surface area (Å²) in [5.74, 6) is 0. The summed E-state index contributed by atoms with van der Waals surface area (Å²) in [5.41, 5.74) is 4.79. The van der Waals surface area contributed by atoms with Crippen LogP contribution in [0.2, 0.25) is 0 Å². The van der Waals surface area contributed by atoms with Crippen molar-refractivity contribution in [2.24, 2.45) is 5.16 Å². The Morgan fingerprint density at radius 2 is 2.42 bits per heavy atom. The number of rotatable bonds is 4. The van der Waals surface area contributed by atoms with Crippen molar-refractivity contribution in [1.29, 1.82) is 0 Å². The van der Waals surface area contributed by atoms with Crippen LogP contribution in [-0.4, -0.2) is 6.72 Å². The SMILES string of the molecule is C=NONc1cccc(CC)c1. The Hall–Kier alpha value is -1.51. The number of nitrogens with zero attached hydrogens (tertiary/aromatic N) is 1. The fourth-order valence-electron chi connectivity index (χ4n) is 0.940. The van der Waals surface area contributed by atoms with Gasteiger partial charge in [0.25, 0.3) is 0 Å². The Kier molecular flexibility index (Phi) is 3.14. The first kappa shape index (κ1) is 8.59. The van der Waals surface area contributed by atoms with Crippen LogP contribution >= 0.6 is 0 Å². The average Bonchev–Trinajstić information content (AvgIpc) is 2.15. The Bertz CT molecular complexity index is 260. The fourth-order valence-corrected chi connectivity index (χ4v) is 0.940. The van der Waals surface area contributed by atoms with Crippen molar-refractivity contribution >= 4 is 12.4 Å².